The molecule has 1 aliphatic heterocycles. The van der Waals surface area contributed by atoms with Crippen LogP contribution in [0.1, 0.15) is 5.89 Å². The molecule has 26 heavy (non-hydrogen) atoms. The van der Waals surface area contributed by atoms with E-state index < -0.39 is 10.0 Å². The zero-order chi connectivity index (χ0) is 18.1. The van der Waals surface area contributed by atoms with Crippen molar-refractivity contribution in [2.75, 3.05) is 31.1 Å². The highest BCUT2D eigenvalue weighted by atomic mass is 32.2. The van der Waals surface area contributed by atoms with Gasteiger partial charge in [0, 0.05) is 38.8 Å². The summed E-state index contributed by atoms with van der Waals surface area (Å²) in [6.07, 6.45) is 1.62. The first-order chi connectivity index (χ1) is 12.5. The molecule has 0 unspecified atom stereocenters. The Morgan fingerprint density at radius 2 is 1.77 bits per heavy atom. The Morgan fingerprint density at radius 3 is 2.42 bits per heavy atom. The number of thiophene rings is 1. The lowest BCUT2D eigenvalue weighted by Gasteiger charge is -2.35. The van der Waals surface area contributed by atoms with E-state index in [4.69, 9.17) is 4.42 Å². The smallest absolute Gasteiger partial charge is 0.252 e. The van der Waals surface area contributed by atoms with Crippen LogP contribution in [0.15, 0.2) is 57.3 Å². The van der Waals surface area contributed by atoms with Gasteiger partial charge in [0.2, 0.25) is 0 Å². The highest BCUT2D eigenvalue weighted by Gasteiger charge is 2.30. The molecular formula is C18H19N3O3S2. The molecule has 0 bridgehead atoms. The lowest BCUT2D eigenvalue weighted by atomic mass is 10.2. The maximum absolute atomic E-state index is 13.0. The van der Waals surface area contributed by atoms with E-state index in [1.165, 1.54) is 11.3 Å². The van der Waals surface area contributed by atoms with Crippen LogP contribution in [-0.2, 0) is 10.0 Å². The van der Waals surface area contributed by atoms with Gasteiger partial charge in [-0.05, 0) is 24.3 Å². The van der Waals surface area contributed by atoms with Crippen LogP contribution in [0.4, 0.5) is 5.69 Å². The molecule has 0 N–H and O–H groups in total. The average molecular weight is 390 g/mol. The van der Waals surface area contributed by atoms with Gasteiger partial charge in [-0.15, -0.1) is 11.3 Å². The number of sulfonamides is 1. The van der Waals surface area contributed by atoms with Crippen molar-refractivity contribution >= 4 is 27.0 Å². The molecule has 8 heteroatoms. The van der Waals surface area contributed by atoms with Crippen molar-refractivity contribution in [2.24, 2.45) is 0 Å². The third-order valence-electron chi connectivity index (χ3n) is 4.40. The van der Waals surface area contributed by atoms with E-state index in [9.17, 15) is 8.42 Å². The summed E-state index contributed by atoms with van der Waals surface area (Å²) in [6.45, 7) is 4.09. The Hall–Kier alpha value is -2.16. The first-order valence-electron chi connectivity index (χ1n) is 8.37. The van der Waals surface area contributed by atoms with E-state index in [0.717, 1.165) is 10.6 Å². The second-order valence-electron chi connectivity index (χ2n) is 6.09. The molecule has 3 aromatic rings. The molecule has 3 heterocycles. The molecule has 136 valence electrons. The van der Waals surface area contributed by atoms with Gasteiger partial charge in [-0.1, -0.05) is 18.2 Å². The molecule has 0 saturated carbocycles. The van der Waals surface area contributed by atoms with E-state index in [1.54, 1.807) is 29.6 Å². The standard InChI is InChI=1S/C18H19N3O3S2/c1-14-19-13-16(24-14)17-7-8-18(25-17)26(22,23)21-11-9-20(10-12-21)15-5-3-2-4-6-15/h2-8,13H,9-12H2,1H3. The number of aromatic nitrogens is 1. The summed E-state index contributed by atoms with van der Waals surface area (Å²) in [5.74, 6) is 1.16. The van der Waals surface area contributed by atoms with E-state index in [-0.39, 0.29) is 0 Å². The Labute approximate surface area is 156 Å². The van der Waals surface area contributed by atoms with E-state index in [1.807, 2.05) is 18.2 Å². The van der Waals surface area contributed by atoms with Crippen LogP contribution >= 0.6 is 11.3 Å². The van der Waals surface area contributed by atoms with Crippen molar-refractivity contribution in [3.05, 3.63) is 54.6 Å². The molecule has 2 aromatic heterocycles. The number of para-hydroxylation sites is 1. The van der Waals surface area contributed by atoms with Crippen LogP contribution in [0.3, 0.4) is 0 Å². The summed E-state index contributed by atoms with van der Waals surface area (Å²) in [5, 5.41) is 0. The van der Waals surface area contributed by atoms with Crippen LogP contribution in [-0.4, -0.2) is 43.9 Å². The average Bonchev–Trinajstić information content (AvgIpc) is 3.32. The number of hydrogen-bond donors (Lipinski definition) is 0. The van der Waals surface area contributed by atoms with Gasteiger partial charge in [0.1, 0.15) is 4.21 Å². The Morgan fingerprint density at radius 1 is 1.04 bits per heavy atom. The van der Waals surface area contributed by atoms with E-state index >= 15 is 0 Å². The van der Waals surface area contributed by atoms with Crippen molar-refractivity contribution < 1.29 is 12.8 Å². The lowest BCUT2D eigenvalue weighted by Crippen LogP contribution is -2.48. The predicted molar refractivity (Wildman–Crippen MR) is 102 cm³/mol. The zero-order valence-corrected chi connectivity index (χ0v) is 16.0. The fraction of sp³-hybridized carbons (Fsp3) is 0.278. The van der Waals surface area contributed by atoms with Crippen LogP contribution < -0.4 is 4.90 Å². The van der Waals surface area contributed by atoms with Gasteiger partial charge in [-0.2, -0.15) is 4.31 Å². The normalized spacial score (nSPS) is 16.1. The molecule has 4 rings (SSSR count). The number of benzene rings is 1. The van der Waals surface area contributed by atoms with Crippen molar-refractivity contribution in [3.8, 4) is 10.6 Å². The van der Waals surface area contributed by atoms with Crippen molar-refractivity contribution in [2.45, 2.75) is 11.1 Å². The zero-order valence-electron chi connectivity index (χ0n) is 14.3. The minimum absolute atomic E-state index is 0.342. The highest BCUT2D eigenvalue weighted by molar-refractivity contribution is 7.91. The maximum atomic E-state index is 13.0. The summed E-state index contributed by atoms with van der Waals surface area (Å²) >= 11 is 1.22. The van der Waals surface area contributed by atoms with Gasteiger partial charge >= 0.3 is 0 Å². The van der Waals surface area contributed by atoms with Gasteiger partial charge in [-0.25, -0.2) is 13.4 Å². The number of nitrogens with zero attached hydrogens (tertiary/aromatic N) is 3. The first kappa shape index (κ1) is 17.3. The molecular weight excluding hydrogens is 370 g/mol. The third-order valence-corrected chi connectivity index (χ3v) is 7.87. The second-order valence-corrected chi connectivity index (χ2v) is 9.34. The van der Waals surface area contributed by atoms with Gasteiger partial charge < -0.3 is 9.32 Å². The molecule has 0 atom stereocenters. The quantitative estimate of drug-likeness (QED) is 0.685. The van der Waals surface area contributed by atoms with Crippen molar-refractivity contribution in [1.29, 1.82) is 0 Å². The number of hydrogen-bond acceptors (Lipinski definition) is 6. The summed E-state index contributed by atoms with van der Waals surface area (Å²) in [7, 11) is -3.48. The molecule has 6 nitrogen and oxygen atoms in total. The number of rotatable bonds is 4. The van der Waals surface area contributed by atoms with Crippen LogP contribution in [0.25, 0.3) is 10.6 Å². The number of piperazine rings is 1. The van der Waals surface area contributed by atoms with E-state index in [2.05, 4.69) is 22.0 Å². The topological polar surface area (TPSA) is 66.7 Å². The van der Waals surface area contributed by atoms with E-state index in [0.29, 0.717) is 42.0 Å². The Bertz CT molecular complexity index is 988. The third kappa shape index (κ3) is 3.27. The largest absolute Gasteiger partial charge is 0.440 e. The monoisotopic (exact) mass is 389 g/mol. The number of aryl methyl sites for hydroxylation is 1. The summed E-state index contributed by atoms with van der Waals surface area (Å²) in [5.41, 5.74) is 1.13. The highest BCUT2D eigenvalue weighted by Crippen LogP contribution is 2.33. The summed E-state index contributed by atoms with van der Waals surface area (Å²) < 4.78 is 33.3. The minimum Gasteiger partial charge on any atom is -0.440 e. The predicted octanol–water partition coefficient (Wildman–Crippen LogP) is 3.22. The molecule has 0 amide bonds. The summed E-state index contributed by atoms with van der Waals surface area (Å²) in [4.78, 5) is 7.05. The molecule has 0 radical (unpaired) electrons. The van der Waals surface area contributed by atoms with Gasteiger partial charge in [0.25, 0.3) is 10.0 Å². The van der Waals surface area contributed by atoms with Crippen LogP contribution in [0, 0.1) is 6.92 Å². The van der Waals surface area contributed by atoms with Crippen LogP contribution in [0.2, 0.25) is 0 Å². The van der Waals surface area contributed by atoms with Gasteiger partial charge in [0.15, 0.2) is 11.7 Å². The SMILES string of the molecule is Cc1ncc(-c2ccc(S(=O)(=O)N3CCN(c4ccccc4)CC3)s2)o1. The fourth-order valence-corrected chi connectivity index (χ4v) is 5.85. The molecule has 1 saturated heterocycles. The fourth-order valence-electron chi connectivity index (χ4n) is 3.02. The molecule has 1 aromatic carbocycles. The van der Waals surface area contributed by atoms with Gasteiger partial charge in [-0.3, -0.25) is 0 Å². The molecule has 1 aliphatic rings. The lowest BCUT2D eigenvalue weighted by molar-refractivity contribution is 0.386. The first-order valence-corrected chi connectivity index (χ1v) is 10.6. The maximum Gasteiger partial charge on any atom is 0.252 e. The van der Waals surface area contributed by atoms with Crippen molar-refractivity contribution in [1.82, 2.24) is 9.29 Å². The van der Waals surface area contributed by atoms with Crippen LogP contribution in [0.5, 0.6) is 0 Å². The second kappa shape index (κ2) is 6.86. The van der Waals surface area contributed by atoms with Gasteiger partial charge in [0.05, 0.1) is 11.1 Å². The molecule has 0 aliphatic carbocycles. The minimum atomic E-state index is -3.48. The number of oxazole rings is 1. The Kier molecular flexibility index (Phi) is 4.56. The summed E-state index contributed by atoms with van der Waals surface area (Å²) in [6, 6.07) is 13.5. The Balaban J connectivity index is 1.49. The molecule has 0 spiro atoms. The molecule has 1 fully saturated rings. The van der Waals surface area contributed by atoms with Crippen molar-refractivity contribution in [3.63, 3.8) is 0 Å². The number of anilines is 1.